The number of ether oxygens (including phenoxy) is 1. The summed E-state index contributed by atoms with van der Waals surface area (Å²) in [6.07, 6.45) is 3.15. The molecule has 0 radical (unpaired) electrons. The smallest absolute Gasteiger partial charge is 0.309 e. The fourth-order valence-corrected chi connectivity index (χ4v) is 2.25. The molecule has 0 saturated heterocycles. The molecule has 1 fully saturated rings. The van der Waals surface area contributed by atoms with Gasteiger partial charge in [-0.15, -0.1) is 0 Å². The quantitative estimate of drug-likeness (QED) is 0.848. The average molecular weight is 261 g/mol. The van der Waals surface area contributed by atoms with Crippen LogP contribution in [0.1, 0.15) is 32.6 Å². The van der Waals surface area contributed by atoms with Gasteiger partial charge in [-0.3, -0.25) is 9.59 Å². The van der Waals surface area contributed by atoms with E-state index in [-0.39, 0.29) is 17.8 Å². The van der Waals surface area contributed by atoms with E-state index in [1.54, 1.807) is 19.1 Å². The molecule has 102 valence electrons. The van der Waals surface area contributed by atoms with E-state index < -0.39 is 6.10 Å². The highest BCUT2D eigenvalue weighted by molar-refractivity contribution is 5.95. The van der Waals surface area contributed by atoms with Crippen LogP contribution < -0.4 is 5.32 Å². The van der Waals surface area contributed by atoms with Crippen LogP contribution in [0, 0.1) is 5.92 Å². The number of carbonyl (C=O) groups excluding carboxylic acids is 2. The Hall–Kier alpha value is -1.84. The van der Waals surface area contributed by atoms with E-state index in [2.05, 4.69) is 5.32 Å². The Bertz CT molecular complexity index is 438. The Balaban J connectivity index is 1.83. The topological polar surface area (TPSA) is 55.4 Å². The normalized spacial score (nSPS) is 16.9. The second-order valence-corrected chi connectivity index (χ2v) is 4.92. The van der Waals surface area contributed by atoms with Crippen molar-refractivity contribution in [1.82, 2.24) is 0 Å². The van der Waals surface area contributed by atoms with Crippen LogP contribution in [0.15, 0.2) is 30.3 Å². The highest BCUT2D eigenvalue weighted by atomic mass is 16.5. The standard InChI is InChI=1S/C15H19NO3/c1-11(19-15(18)12-7-5-6-8-12)14(17)16-13-9-3-2-4-10-13/h2-4,9-12H,5-8H2,1H3,(H,16,17)/t11-/m0/s1. The summed E-state index contributed by atoms with van der Waals surface area (Å²) in [5.41, 5.74) is 0.705. The zero-order valence-corrected chi connectivity index (χ0v) is 11.1. The van der Waals surface area contributed by atoms with Gasteiger partial charge in [0.25, 0.3) is 5.91 Å². The fourth-order valence-electron chi connectivity index (χ4n) is 2.25. The predicted molar refractivity (Wildman–Crippen MR) is 72.6 cm³/mol. The predicted octanol–water partition coefficient (Wildman–Crippen LogP) is 2.75. The largest absolute Gasteiger partial charge is 0.452 e. The highest BCUT2D eigenvalue weighted by Gasteiger charge is 2.27. The van der Waals surface area contributed by atoms with Crippen LogP contribution >= 0.6 is 0 Å². The Morgan fingerprint density at radius 2 is 1.84 bits per heavy atom. The summed E-state index contributed by atoms with van der Waals surface area (Å²) >= 11 is 0. The lowest BCUT2D eigenvalue weighted by atomic mass is 10.1. The molecule has 19 heavy (non-hydrogen) atoms. The van der Waals surface area contributed by atoms with E-state index in [0.717, 1.165) is 25.7 Å². The lowest BCUT2D eigenvalue weighted by Gasteiger charge is -2.16. The van der Waals surface area contributed by atoms with Crippen LogP contribution in [0.25, 0.3) is 0 Å². The third kappa shape index (κ3) is 3.81. The number of hydrogen-bond acceptors (Lipinski definition) is 3. The Morgan fingerprint density at radius 1 is 1.21 bits per heavy atom. The number of rotatable bonds is 4. The van der Waals surface area contributed by atoms with Crippen molar-refractivity contribution in [1.29, 1.82) is 0 Å². The van der Waals surface area contributed by atoms with E-state index >= 15 is 0 Å². The molecule has 4 heteroatoms. The first-order chi connectivity index (χ1) is 9.16. The monoisotopic (exact) mass is 261 g/mol. The second kappa shape index (κ2) is 6.36. The summed E-state index contributed by atoms with van der Waals surface area (Å²) in [6, 6.07) is 9.14. The summed E-state index contributed by atoms with van der Waals surface area (Å²) in [6.45, 7) is 1.60. The van der Waals surface area contributed by atoms with Crippen LogP contribution in [-0.4, -0.2) is 18.0 Å². The second-order valence-electron chi connectivity index (χ2n) is 4.92. The number of amides is 1. The van der Waals surface area contributed by atoms with Crippen LogP contribution in [0.2, 0.25) is 0 Å². The summed E-state index contributed by atoms with van der Waals surface area (Å²) in [4.78, 5) is 23.7. The molecular formula is C15H19NO3. The SMILES string of the molecule is C[C@H](OC(=O)C1CCCC1)C(=O)Nc1ccccc1. The molecule has 1 aromatic rings. The summed E-state index contributed by atoms with van der Waals surface area (Å²) < 4.78 is 5.22. The minimum absolute atomic E-state index is 0.0213. The molecule has 1 aliphatic rings. The molecule has 1 aromatic carbocycles. The van der Waals surface area contributed by atoms with Crippen molar-refractivity contribution in [2.45, 2.75) is 38.7 Å². The van der Waals surface area contributed by atoms with Crippen molar-refractivity contribution in [2.24, 2.45) is 5.92 Å². The maximum atomic E-state index is 11.9. The first-order valence-corrected chi connectivity index (χ1v) is 6.73. The van der Waals surface area contributed by atoms with Gasteiger partial charge in [0, 0.05) is 5.69 Å². The molecule has 1 saturated carbocycles. The van der Waals surface area contributed by atoms with Crippen LogP contribution in [0.5, 0.6) is 0 Å². The summed E-state index contributed by atoms with van der Waals surface area (Å²) in [5, 5.41) is 2.72. The van der Waals surface area contributed by atoms with Crippen molar-refractivity contribution in [3.05, 3.63) is 30.3 Å². The molecule has 1 amide bonds. The minimum atomic E-state index is -0.756. The molecule has 0 aromatic heterocycles. The molecule has 2 rings (SSSR count). The molecule has 1 atom stereocenters. The van der Waals surface area contributed by atoms with Gasteiger partial charge in [-0.05, 0) is 31.9 Å². The van der Waals surface area contributed by atoms with Crippen molar-refractivity contribution in [3.8, 4) is 0 Å². The van der Waals surface area contributed by atoms with Crippen molar-refractivity contribution >= 4 is 17.6 Å². The number of para-hydroxylation sites is 1. The Kier molecular flexibility index (Phi) is 4.55. The van der Waals surface area contributed by atoms with Crippen LogP contribution in [-0.2, 0) is 14.3 Å². The lowest BCUT2D eigenvalue weighted by molar-refractivity contribution is -0.157. The molecule has 0 spiro atoms. The Labute approximate surface area is 113 Å². The third-order valence-electron chi connectivity index (χ3n) is 3.39. The van der Waals surface area contributed by atoms with E-state index in [9.17, 15) is 9.59 Å². The zero-order valence-electron chi connectivity index (χ0n) is 11.1. The van der Waals surface area contributed by atoms with Crippen LogP contribution in [0.3, 0.4) is 0 Å². The van der Waals surface area contributed by atoms with Gasteiger partial charge in [0.05, 0.1) is 5.92 Å². The Morgan fingerprint density at radius 3 is 2.47 bits per heavy atom. The van der Waals surface area contributed by atoms with Gasteiger partial charge in [-0.25, -0.2) is 0 Å². The van der Waals surface area contributed by atoms with E-state index in [1.807, 2.05) is 18.2 Å². The number of anilines is 1. The first-order valence-electron chi connectivity index (χ1n) is 6.73. The minimum Gasteiger partial charge on any atom is -0.452 e. The molecule has 0 unspecified atom stereocenters. The molecule has 1 N–H and O–H groups in total. The van der Waals surface area contributed by atoms with Gasteiger partial charge in [-0.1, -0.05) is 31.0 Å². The average Bonchev–Trinajstić information content (AvgIpc) is 2.93. The van der Waals surface area contributed by atoms with Gasteiger partial charge in [0.1, 0.15) is 0 Å². The van der Waals surface area contributed by atoms with Crippen molar-refractivity contribution in [3.63, 3.8) is 0 Å². The van der Waals surface area contributed by atoms with Crippen molar-refractivity contribution in [2.75, 3.05) is 5.32 Å². The number of benzene rings is 1. The maximum absolute atomic E-state index is 11.9. The molecular weight excluding hydrogens is 242 g/mol. The van der Waals surface area contributed by atoms with Crippen molar-refractivity contribution < 1.29 is 14.3 Å². The number of carbonyl (C=O) groups is 2. The van der Waals surface area contributed by atoms with Gasteiger partial charge in [-0.2, -0.15) is 0 Å². The molecule has 0 bridgehead atoms. The van der Waals surface area contributed by atoms with E-state index in [0.29, 0.717) is 5.69 Å². The van der Waals surface area contributed by atoms with E-state index in [1.165, 1.54) is 0 Å². The number of hydrogen-bond donors (Lipinski definition) is 1. The lowest BCUT2D eigenvalue weighted by Crippen LogP contribution is -2.31. The molecule has 0 aliphatic heterocycles. The van der Waals surface area contributed by atoms with Gasteiger partial charge in [0.15, 0.2) is 6.10 Å². The van der Waals surface area contributed by atoms with Crippen LogP contribution in [0.4, 0.5) is 5.69 Å². The summed E-state index contributed by atoms with van der Waals surface area (Å²) in [7, 11) is 0. The fraction of sp³-hybridized carbons (Fsp3) is 0.467. The molecule has 1 aliphatic carbocycles. The highest BCUT2D eigenvalue weighted by Crippen LogP contribution is 2.26. The van der Waals surface area contributed by atoms with Gasteiger partial charge >= 0.3 is 5.97 Å². The molecule has 4 nitrogen and oxygen atoms in total. The summed E-state index contributed by atoms with van der Waals surface area (Å²) in [5.74, 6) is -0.558. The first kappa shape index (κ1) is 13.6. The van der Waals surface area contributed by atoms with E-state index in [4.69, 9.17) is 4.74 Å². The van der Waals surface area contributed by atoms with Gasteiger partial charge < -0.3 is 10.1 Å². The number of nitrogens with one attached hydrogen (secondary N) is 1. The van der Waals surface area contributed by atoms with Gasteiger partial charge in [0.2, 0.25) is 0 Å². The zero-order chi connectivity index (χ0) is 13.7. The molecule has 0 heterocycles. The maximum Gasteiger partial charge on any atom is 0.309 e. The third-order valence-corrected chi connectivity index (χ3v) is 3.39. The number of esters is 1.